The van der Waals surface area contributed by atoms with Crippen LogP contribution in [0, 0.1) is 5.92 Å². The Hall–Kier alpha value is -1.02. The molecule has 1 atom stereocenters. The van der Waals surface area contributed by atoms with E-state index in [1.165, 1.54) is 31.2 Å². The highest BCUT2D eigenvalue weighted by Crippen LogP contribution is 2.27. The molecule has 1 N–H and O–H groups in total. The molecule has 0 bridgehead atoms. The van der Waals surface area contributed by atoms with Crippen molar-refractivity contribution < 1.29 is 4.74 Å². The highest BCUT2D eigenvalue weighted by molar-refractivity contribution is 5.28. The number of rotatable bonds is 6. The molecule has 1 aromatic carbocycles. The van der Waals surface area contributed by atoms with Crippen LogP contribution in [0.3, 0.4) is 0 Å². The summed E-state index contributed by atoms with van der Waals surface area (Å²) in [6.07, 6.45) is 5.85. The van der Waals surface area contributed by atoms with E-state index in [-0.39, 0.29) is 6.10 Å². The Morgan fingerprint density at radius 2 is 1.95 bits per heavy atom. The van der Waals surface area contributed by atoms with Crippen LogP contribution in [0.15, 0.2) is 24.3 Å². The van der Waals surface area contributed by atoms with E-state index >= 15 is 0 Å². The first kappa shape index (κ1) is 14.4. The largest absolute Gasteiger partial charge is 0.491 e. The molecule has 0 unspecified atom stereocenters. The highest BCUT2D eigenvalue weighted by atomic mass is 16.5. The van der Waals surface area contributed by atoms with Gasteiger partial charge in [0.05, 0.1) is 6.10 Å². The SMILES string of the molecule is CC(C)Oc1cccc(CN[C@@H](C)C2CCCC2)c1. The van der Waals surface area contributed by atoms with E-state index in [9.17, 15) is 0 Å². The van der Waals surface area contributed by atoms with Gasteiger partial charge in [0.15, 0.2) is 0 Å². The standard InChI is InChI=1S/C17H27NO/c1-13(2)19-17-10-6-7-15(11-17)12-18-14(3)16-8-4-5-9-16/h6-7,10-11,13-14,16,18H,4-5,8-9,12H2,1-3H3/t14-/m0/s1. The molecule has 0 aromatic heterocycles. The first-order valence-corrected chi connectivity index (χ1v) is 7.64. The van der Waals surface area contributed by atoms with Crippen molar-refractivity contribution in [2.75, 3.05) is 0 Å². The zero-order valence-corrected chi connectivity index (χ0v) is 12.5. The van der Waals surface area contributed by atoms with Crippen molar-refractivity contribution in [1.29, 1.82) is 0 Å². The third-order valence-electron chi connectivity index (χ3n) is 4.01. The molecule has 2 heteroatoms. The molecule has 1 aliphatic rings. The van der Waals surface area contributed by atoms with E-state index in [1.807, 2.05) is 6.07 Å². The second kappa shape index (κ2) is 6.95. The monoisotopic (exact) mass is 261 g/mol. The Balaban J connectivity index is 1.84. The zero-order valence-electron chi connectivity index (χ0n) is 12.5. The molecular formula is C17H27NO. The van der Waals surface area contributed by atoms with Gasteiger partial charge in [-0.15, -0.1) is 0 Å². The molecule has 2 nitrogen and oxygen atoms in total. The maximum Gasteiger partial charge on any atom is 0.120 e. The Bertz CT molecular complexity index is 383. The number of benzene rings is 1. The first-order valence-electron chi connectivity index (χ1n) is 7.64. The third-order valence-corrected chi connectivity index (χ3v) is 4.01. The summed E-state index contributed by atoms with van der Waals surface area (Å²) in [5, 5.41) is 3.67. The van der Waals surface area contributed by atoms with Gasteiger partial charge >= 0.3 is 0 Å². The molecule has 0 aliphatic heterocycles. The van der Waals surface area contributed by atoms with Crippen LogP contribution in [0.4, 0.5) is 0 Å². The van der Waals surface area contributed by atoms with Gasteiger partial charge in [0.25, 0.3) is 0 Å². The van der Waals surface area contributed by atoms with Gasteiger partial charge in [0.2, 0.25) is 0 Å². The fourth-order valence-corrected chi connectivity index (χ4v) is 2.90. The van der Waals surface area contributed by atoms with Crippen molar-refractivity contribution in [2.24, 2.45) is 5.92 Å². The third kappa shape index (κ3) is 4.54. The topological polar surface area (TPSA) is 21.3 Å². The maximum atomic E-state index is 5.73. The molecule has 0 saturated heterocycles. The Labute approximate surface area is 117 Å². The lowest BCUT2D eigenvalue weighted by atomic mass is 9.99. The van der Waals surface area contributed by atoms with Gasteiger partial charge in [-0.1, -0.05) is 25.0 Å². The minimum atomic E-state index is 0.237. The van der Waals surface area contributed by atoms with E-state index in [4.69, 9.17) is 4.74 Å². The number of nitrogens with one attached hydrogen (secondary N) is 1. The van der Waals surface area contributed by atoms with Crippen molar-refractivity contribution in [3.8, 4) is 5.75 Å². The van der Waals surface area contributed by atoms with Crippen molar-refractivity contribution in [2.45, 2.75) is 65.1 Å². The fraction of sp³-hybridized carbons (Fsp3) is 0.647. The van der Waals surface area contributed by atoms with Gasteiger partial charge in [-0.3, -0.25) is 0 Å². The van der Waals surface area contributed by atoms with Crippen molar-refractivity contribution >= 4 is 0 Å². The van der Waals surface area contributed by atoms with E-state index in [1.54, 1.807) is 0 Å². The molecule has 0 spiro atoms. The predicted molar refractivity (Wildman–Crippen MR) is 80.5 cm³/mol. The smallest absolute Gasteiger partial charge is 0.120 e. The first-order chi connectivity index (χ1) is 9.15. The van der Waals surface area contributed by atoms with E-state index in [0.29, 0.717) is 6.04 Å². The molecule has 1 fully saturated rings. The van der Waals surface area contributed by atoms with Gasteiger partial charge < -0.3 is 10.1 Å². The lowest BCUT2D eigenvalue weighted by molar-refractivity contribution is 0.242. The molecule has 106 valence electrons. The van der Waals surface area contributed by atoms with Crippen LogP contribution < -0.4 is 10.1 Å². The Morgan fingerprint density at radius 3 is 2.63 bits per heavy atom. The summed E-state index contributed by atoms with van der Waals surface area (Å²) in [6.45, 7) is 7.39. The van der Waals surface area contributed by atoms with Crippen molar-refractivity contribution in [1.82, 2.24) is 5.32 Å². The molecule has 0 amide bonds. The molecular weight excluding hydrogens is 234 g/mol. The predicted octanol–water partition coefficient (Wildman–Crippen LogP) is 4.14. The van der Waals surface area contributed by atoms with E-state index in [2.05, 4.69) is 44.3 Å². The summed E-state index contributed by atoms with van der Waals surface area (Å²) in [4.78, 5) is 0. The quantitative estimate of drug-likeness (QED) is 0.831. The van der Waals surface area contributed by atoms with Crippen LogP contribution in [0.5, 0.6) is 5.75 Å². The lowest BCUT2D eigenvalue weighted by Gasteiger charge is -2.20. The molecule has 1 saturated carbocycles. The normalized spacial score (nSPS) is 17.9. The van der Waals surface area contributed by atoms with Crippen LogP contribution in [0.25, 0.3) is 0 Å². The average molecular weight is 261 g/mol. The van der Waals surface area contributed by atoms with Crippen molar-refractivity contribution in [3.63, 3.8) is 0 Å². The van der Waals surface area contributed by atoms with Crippen LogP contribution in [-0.4, -0.2) is 12.1 Å². The fourth-order valence-electron chi connectivity index (χ4n) is 2.90. The highest BCUT2D eigenvalue weighted by Gasteiger charge is 2.20. The summed E-state index contributed by atoms with van der Waals surface area (Å²) in [7, 11) is 0. The minimum absolute atomic E-state index is 0.237. The molecule has 1 aromatic rings. The molecule has 2 rings (SSSR count). The maximum absolute atomic E-state index is 5.73. The molecule has 19 heavy (non-hydrogen) atoms. The van der Waals surface area contributed by atoms with Crippen LogP contribution in [-0.2, 0) is 6.54 Å². The summed E-state index contributed by atoms with van der Waals surface area (Å²) < 4.78 is 5.73. The second-order valence-electron chi connectivity index (χ2n) is 6.03. The lowest BCUT2D eigenvalue weighted by Crippen LogP contribution is -2.31. The molecule has 0 heterocycles. The van der Waals surface area contributed by atoms with Crippen LogP contribution >= 0.6 is 0 Å². The molecule has 1 aliphatic carbocycles. The van der Waals surface area contributed by atoms with Crippen molar-refractivity contribution in [3.05, 3.63) is 29.8 Å². The Kier molecular flexibility index (Phi) is 5.26. The van der Waals surface area contributed by atoms with Gasteiger partial charge in [-0.25, -0.2) is 0 Å². The summed E-state index contributed by atoms with van der Waals surface area (Å²) in [5.74, 6) is 1.85. The average Bonchev–Trinajstić information content (AvgIpc) is 2.89. The Morgan fingerprint density at radius 1 is 1.21 bits per heavy atom. The summed E-state index contributed by atoms with van der Waals surface area (Å²) in [6, 6.07) is 9.05. The second-order valence-corrected chi connectivity index (χ2v) is 6.03. The van der Waals surface area contributed by atoms with Crippen LogP contribution in [0.2, 0.25) is 0 Å². The van der Waals surface area contributed by atoms with Gasteiger partial charge in [0, 0.05) is 12.6 Å². The summed E-state index contributed by atoms with van der Waals surface area (Å²) >= 11 is 0. The minimum Gasteiger partial charge on any atom is -0.491 e. The van der Waals surface area contributed by atoms with Crippen LogP contribution in [0.1, 0.15) is 52.0 Å². The van der Waals surface area contributed by atoms with Gasteiger partial charge in [-0.05, 0) is 57.2 Å². The van der Waals surface area contributed by atoms with Gasteiger partial charge in [0.1, 0.15) is 5.75 Å². The number of hydrogen-bond acceptors (Lipinski definition) is 2. The molecule has 0 radical (unpaired) electrons. The number of ether oxygens (including phenoxy) is 1. The van der Waals surface area contributed by atoms with Gasteiger partial charge in [-0.2, -0.15) is 0 Å². The summed E-state index contributed by atoms with van der Waals surface area (Å²) in [5.41, 5.74) is 1.31. The number of hydrogen-bond donors (Lipinski definition) is 1. The zero-order chi connectivity index (χ0) is 13.7. The van der Waals surface area contributed by atoms with E-state index in [0.717, 1.165) is 18.2 Å². The van der Waals surface area contributed by atoms with E-state index < -0.39 is 0 Å².